The molecule has 0 saturated heterocycles. The predicted molar refractivity (Wildman–Crippen MR) is 89.9 cm³/mol. The number of hydrogen-bond donors (Lipinski definition) is 1. The zero-order chi connectivity index (χ0) is 19.8. The smallest absolute Gasteiger partial charge is 0.417 e. The number of carbonyl (C=O) groups is 1. The molecule has 3 rings (SSSR count). The number of carboxylic acids is 1. The standard InChI is InChI=1S/C18H21F3O5S/c19-18(20,21)14-7-3-4-8-16(14)27(24,25)12-9-13(17(22)23)15(10-12)26-11-5-1-2-6-11/h3-4,7-8,11-13,15H,1-2,5-6,9-10H2,(H,22,23)/t12-,13-,15-/m1/s1. The van der Waals surface area contributed by atoms with Gasteiger partial charge in [-0.15, -0.1) is 0 Å². The molecule has 0 aromatic heterocycles. The molecule has 0 unspecified atom stereocenters. The van der Waals surface area contributed by atoms with E-state index >= 15 is 0 Å². The molecule has 0 heterocycles. The summed E-state index contributed by atoms with van der Waals surface area (Å²) in [5.41, 5.74) is -1.22. The van der Waals surface area contributed by atoms with Gasteiger partial charge in [0.2, 0.25) is 0 Å². The minimum Gasteiger partial charge on any atom is -0.481 e. The quantitative estimate of drug-likeness (QED) is 0.807. The van der Waals surface area contributed by atoms with Crippen LogP contribution in [-0.2, 0) is 25.5 Å². The molecular formula is C18H21F3O5S. The molecule has 150 valence electrons. The zero-order valence-electron chi connectivity index (χ0n) is 14.5. The molecule has 3 atom stereocenters. The second kappa shape index (κ2) is 7.43. The maximum Gasteiger partial charge on any atom is 0.417 e. The fourth-order valence-corrected chi connectivity index (χ4v) is 6.04. The van der Waals surface area contributed by atoms with Crippen molar-refractivity contribution in [1.82, 2.24) is 0 Å². The molecule has 1 aromatic rings. The van der Waals surface area contributed by atoms with Gasteiger partial charge in [0.15, 0.2) is 9.84 Å². The highest BCUT2D eigenvalue weighted by Crippen LogP contribution is 2.41. The fourth-order valence-electron chi connectivity index (χ4n) is 4.02. The molecule has 2 aliphatic carbocycles. The lowest BCUT2D eigenvalue weighted by molar-refractivity contribution is -0.147. The van der Waals surface area contributed by atoms with Crippen LogP contribution in [0.1, 0.15) is 44.1 Å². The Morgan fingerprint density at radius 3 is 2.33 bits per heavy atom. The molecule has 0 spiro atoms. The minimum absolute atomic E-state index is 0.109. The molecule has 0 aliphatic heterocycles. The lowest BCUT2D eigenvalue weighted by Gasteiger charge is -2.21. The second-order valence-electron chi connectivity index (χ2n) is 7.16. The Morgan fingerprint density at radius 2 is 1.74 bits per heavy atom. The van der Waals surface area contributed by atoms with E-state index in [4.69, 9.17) is 4.74 Å². The van der Waals surface area contributed by atoms with Crippen LogP contribution in [0.25, 0.3) is 0 Å². The van der Waals surface area contributed by atoms with Gasteiger partial charge in [-0.1, -0.05) is 25.0 Å². The topological polar surface area (TPSA) is 80.7 Å². The highest BCUT2D eigenvalue weighted by molar-refractivity contribution is 7.92. The van der Waals surface area contributed by atoms with Crippen LogP contribution < -0.4 is 0 Å². The number of aliphatic carboxylic acids is 1. The SMILES string of the molecule is O=C(O)[C@@H]1C[C@@H](S(=O)(=O)c2ccccc2C(F)(F)F)C[C@H]1OC1CCCC1. The first-order valence-electron chi connectivity index (χ1n) is 8.89. The molecule has 0 radical (unpaired) electrons. The third kappa shape index (κ3) is 4.13. The Kier molecular flexibility index (Phi) is 5.54. The molecule has 2 aliphatic rings. The summed E-state index contributed by atoms with van der Waals surface area (Å²) in [6.07, 6.45) is -2.57. The van der Waals surface area contributed by atoms with Crippen LogP contribution in [0.5, 0.6) is 0 Å². The minimum atomic E-state index is -4.81. The van der Waals surface area contributed by atoms with Gasteiger partial charge in [0.1, 0.15) is 0 Å². The summed E-state index contributed by atoms with van der Waals surface area (Å²) in [5.74, 6) is -2.22. The van der Waals surface area contributed by atoms with Crippen molar-refractivity contribution in [2.24, 2.45) is 5.92 Å². The molecule has 1 aromatic carbocycles. The van der Waals surface area contributed by atoms with E-state index in [0.29, 0.717) is 0 Å². The molecule has 0 amide bonds. The summed E-state index contributed by atoms with van der Waals surface area (Å²) in [6, 6.07) is 4.02. The first kappa shape index (κ1) is 20.1. The van der Waals surface area contributed by atoms with E-state index in [-0.39, 0.29) is 18.9 Å². The van der Waals surface area contributed by atoms with E-state index in [1.165, 1.54) is 6.07 Å². The van der Waals surface area contributed by atoms with Gasteiger partial charge in [-0.2, -0.15) is 13.2 Å². The van der Waals surface area contributed by atoms with E-state index < -0.39 is 49.7 Å². The van der Waals surface area contributed by atoms with Gasteiger partial charge in [-0.25, -0.2) is 8.42 Å². The van der Waals surface area contributed by atoms with Gasteiger partial charge in [0.05, 0.1) is 33.8 Å². The van der Waals surface area contributed by atoms with Crippen LogP contribution in [0.4, 0.5) is 13.2 Å². The molecular weight excluding hydrogens is 385 g/mol. The van der Waals surface area contributed by atoms with Crippen molar-refractivity contribution in [3.05, 3.63) is 29.8 Å². The molecule has 1 N–H and O–H groups in total. The summed E-state index contributed by atoms with van der Waals surface area (Å²) in [6.45, 7) is 0. The van der Waals surface area contributed by atoms with Gasteiger partial charge in [-0.3, -0.25) is 4.79 Å². The van der Waals surface area contributed by atoms with Gasteiger partial charge >= 0.3 is 12.1 Å². The van der Waals surface area contributed by atoms with Crippen molar-refractivity contribution in [2.45, 2.75) is 67.1 Å². The molecule has 9 heteroatoms. The van der Waals surface area contributed by atoms with E-state index in [0.717, 1.165) is 43.9 Å². The predicted octanol–water partition coefficient (Wildman–Crippen LogP) is 3.67. The van der Waals surface area contributed by atoms with Crippen molar-refractivity contribution < 1.29 is 36.2 Å². The molecule has 2 saturated carbocycles. The van der Waals surface area contributed by atoms with Gasteiger partial charge in [-0.05, 0) is 37.8 Å². The van der Waals surface area contributed by atoms with Crippen molar-refractivity contribution in [3.63, 3.8) is 0 Å². The largest absolute Gasteiger partial charge is 0.481 e. The van der Waals surface area contributed by atoms with Gasteiger partial charge in [0.25, 0.3) is 0 Å². The van der Waals surface area contributed by atoms with Gasteiger partial charge in [0, 0.05) is 0 Å². The van der Waals surface area contributed by atoms with Crippen LogP contribution in [0.2, 0.25) is 0 Å². The molecule has 0 bridgehead atoms. The monoisotopic (exact) mass is 406 g/mol. The highest BCUT2D eigenvalue weighted by atomic mass is 32.2. The summed E-state index contributed by atoms with van der Waals surface area (Å²) in [5, 5.41) is 8.23. The van der Waals surface area contributed by atoms with Crippen LogP contribution in [0.15, 0.2) is 29.2 Å². The number of carboxylic acid groups (broad SMARTS) is 1. The number of halogens is 3. The molecule has 2 fully saturated rings. The Bertz CT molecular complexity index is 799. The van der Waals surface area contributed by atoms with Crippen molar-refractivity contribution >= 4 is 15.8 Å². The Morgan fingerprint density at radius 1 is 1.11 bits per heavy atom. The summed E-state index contributed by atoms with van der Waals surface area (Å²) in [7, 11) is -4.35. The summed E-state index contributed by atoms with van der Waals surface area (Å²) in [4.78, 5) is 10.8. The van der Waals surface area contributed by atoms with E-state index in [2.05, 4.69) is 0 Å². The first-order valence-corrected chi connectivity index (χ1v) is 10.4. The normalized spacial score (nSPS) is 27.1. The number of ether oxygens (including phenoxy) is 1. The highest BCUT2D eigenvalue weighted by Gasteiger charge is 2.48. The summed E-state index contributed by atoms with van der Waals surface area (Å²) >= 11 is 0. The third-order valence-electron chi connectivity index (χ3n) is 5.39. The Balaban J connectivity index is 1.88. The number of benzene rings is 1. The maximum absolute atomic E-state index is 13.2. The second-order valence-corrected chi connectivity index (χ2v) is 9.35. The first-order chi connectivity index (χ1) is 12.6. The molecule has 5 nitrogen and oxygen atoms in total. The van der Waals surface area contributed by atoms with Crippen LogP contribution in [0, 0.1) is 5.92 Å². The van der Waals surface area contributed by atoms with Crippen LogP contribution >= 0.6 is 0 Å². The number of sulfone groups is 1. The van der Waals surface area contributed by atoms with E-state index in [9.17, 15) is 31.5 Å². The fraction of sp³-hybridized carbons (Fsp3) is 0.611. The maximum atomic E-state index is 13.2. The average Bonchev–Trinajstić information content (AvgIpc) is 3.24. The van der Waals surface area contributed by atoms with Crippen molar-refractivity contribution in [2.75, 3.05) is 0 Å². The van der Waals surface area contributed by atoms with E-state index in [1.807, 2.05) is 0 Å². The van der Waals surface area contributed by atoms with Crippen molar-refractivity contribution in [3.8, 4) is 0 Å². The van der Waals surface area contributed by atoms with Gasteiger partial charge < -0.3 is 9.84 Å². The number of alkyl halides is 3. The third-order valence-corrected chi connectivity index (χ3v) is 7.62. The number of hydrogen-bond acceptors (Lipinski definition) is 4. The number of rotatable bonds is 5. The lowest BCUT2D eigenvalue weighted by Crippen LogP contribution is -2.28. The molecule has 27 heavy (non-hydrogen) atoms. The average molecular weight is 406 g/mol. The van der Waals surface area contributed by atoms with Crippen molar-refractivity contribution in [1.29, 1.82) is 0 Å². The lowest BCUT2D eigenvalue weighted by atomic mass is 10.1. The summed E-state index contributed by atoms with van der Waals surface area (Å²) < 4.78 is 71.3. The Hall–Kier alpha value is -1.61. The van der Waals surface area contributed by atoms with E-state index in [1.54, 1.807) is 0 Å². The van der Waals surface area contributed by atoms with Crippen LogP contribution in [-0.4, -0.2) is 37.0 Å². The Labute approximate surface area is 155 Å². The van der Waals surface area contributed by atoms with Crippen LogP contribution in [0.3, 0.4) is 0 Å². The zero-order valence-corrected chi connectivity index (χ0v) is 15.3.